The fourth-order valence-corrected chi connectivity index (χ4v) is 2.95. The van der Waals surface area contributed by atoms with Crippen molar-refractivity contribution in [3.63, 3.8) is 0 Å². The number of phenols is 1. The summed E-state index contributed by atoms with van der Waals surface area (Å²) in [5.74, 6) is 1.17. The zero-order valence-corrected chi connectivity index (χ0v) is 14.9. The van der Waals surface area contributed by atoms with Gasteiger partial charge in [-0.25, -0.2) is 0 Å². The summed E-state index contributed by atoms with van der Waals surface area (Å²) >= 11 is 0. The lowest BCUT2D eigenvalue weighted by atomic mass is 9.83. The Balaban J connectivity index is 2.10. The molecule has 5 heteroatoms. The minimum absolute atomic E-state index is 0.0652. The maximum Gasteiger partial charge on any atom is 0.160 e. The summed E-state index contributed by atoms with van der Waals surface area (Å²) in [6.07, 6.45) is 0.336. The molecule has 0 aliphatic heterocycles. The summed E-state index contributed by atoms with van der Waals surface area (Å²) in [6, 6.07) is 12.2. The first kappa shape index (κ1) is 19.1. The average Bonchev–Trinajstić information content (AvgIpc) is 2.65. The molecule has 5 nitrogen and oxygen atoms in total. The third-order valence-electron chi connectivity index (χ3n) is 4.63. The van der Waals surface area contributed by atoms with Crippen LogP contribution < -0.4 is 9.47 Å². The predicted molar refractivity (Wildman–Crippen MR) is 96.2 cm³/mol. The molecule has 0 aromatic heterocycles. The van der Waals surface area contributed by atoms with Crippen molar-refractivity contribution in [1.82, 2.24) is 0 Å². The van der Waals surface area contributed by atoms with Crippen LogP contribution in [-0.2, 0) is 12.0 Å². The van der Waals surface area contributed by atoms with Crippen LogP contribution in [0.4, 0.5) is 0 Å². The van der Waals surface area contributed by atoms with E-state index in [2.05, 4.69) is 0 Å². The Morgan fingerprint density at radius 1 is 1.04 bits per heavy atom. The van der Waals surface area contributed by atoms with Crippen LogP contribution in [0.2, 0.25) is 0 Å². The third-order valence-corrected chi connectivity index (χ3v) is 4.63. The van der Waals surface area contributed by atoms with E-state index in [9.17, 15) is 15.3 Å². The van der Waals surface area contributed by atoms with E-state index >= 15 is 0 Å². The van der Waals surface area contributed by atoms with Crippen molar-refractivity contribution in [3.8, 4) is 17.2 Å². The molecule has 2 rings (SSSR count). The van der Waals surface area contributed by atoms with Gasteiger partial charge in [-0.05, 0) is 54.7 Å². The number of aliphatic hydroxyl groups is 2. The molecule has 0 heterocycles. The van der Waals surface area contributed by atoms with E-state index < -0.39 is 11.7 Å². The Hall–Kier alpha value is -2.24. The van der Waals surface area contributed by atoms with E-state index in [-0.39, 0.29) is 5.75 Å². The highest BCUT2D eigenvalue weighted by molar-refractivity contribution is 5.41. The molecule has 3 N–H and O–H groups in total. The molecular weight excluding hydrogens is 320 g/mol. The predicted octanol–water partition coefficient (Wildman–Crippen LogP) is 3.00. The van der Waals surface area contributed by atoms with E-state index in [0.29, 0.717) is 36.3 Å². The van der Waals surface area contributed by atoms with Gasteiger partial charge in [-0.3, -0.25) is 0 Å². The van der Waals surface area contributed by atoms with Gasteiger partial charge in [0.15, 0.2) is 11.5 Å². The summed E-state index contributed by atoms with van der Waals surface area (Å²) < 4.78 is 10.2. The second-order valence-corrected chi connectivity index (χ2v) is 6.07. The van der Waals surface area contributed by atoms with Crippen molar-refractivity contribution < 1.29 is 24.8 Å². The minimum atomic E-state index is -1.33. The molecule has 0 aliphatic carbocycles. The van der Waals surface area contributed by atoms with Crippen LogP contribution in [0.3, 0.4) is 0 Å². The normalized spacial score (nSPS) is 14.6. The highest BCUT2D eigenvalue weighted by Gasteiger charge is 2.35. The number of phenolic OH excluding ortho intramolecular Hbond substituents is 1. The van der Waals surface area contributed by atoms with Crippen molar-refractivity contribution in [2.24, 2.45) is 0 Å². The van der Waals surface area contributed by atoms with Crippen LogP contribution in [0.15, 0.2) is 42.5 Å². The number of ether oxygens (including phenoxy) is 2. The molecule has 2 unspecified atom stereocenters. The van der Waals surface area contributed by atoms with Gasteiger partial charge in [-0.1, -0.05) is 25.1 Å². The minimum Gasteiger partial charge on any atom is -0.504 e. The van der Waals surface area contributed by atoms with Gasteiger partial charge in [0.25, 0.3) is 0 Å². The number of aromatic hydroxyl groups is 1. The van der Waals surface area contributed by atoms with E-state index in [1.165, 1.54) is 7.11 Å². The summed E-state index contributed by atoms with van der Waals surface area (Å²) in [5, 5.41) is 31.4. The number of aryl methyl sites for hydroxylation is 1. The Bertz CT molecular complexity index is 683. The summed E-state index contributed by atoms with van der Waals surface area (Å²) in [5.41, 5.74) is 0.187. The second-order valence-electron chi connectivity index (χ2n) is 6.07. The van der Waals surface area contributed by atoms with Gasteiger partial charge in [0.1, 0.15) is 11.4 Å². The van der Waals surface area contributed by atoms with Gasteiger partial charge >= 0.3 is 0 Å². The highest BCUT2D eigenvalue weighted by Crippen LogP contribution is 2.33. The monoisotopic (exact) mass is 346 g/mol. The van der Waals surface area contributed by atoms with Crippen LogP contribution in [0.25, 0.3) is 0 Å². The topological polar surface area (TPSA) is 79.2 Å². The molecule has 0 bridgehead atoms. The molecule has 0 radical (unpaired) electrons. The van der Waals surface area contributed by atoms with Crippen LogP contribution in [0.1, 0.15) is 30.9 Å². The number of benzene rings is 2. The zero-order chi connectivity index (χ0) is 18.4. The lowest BCUT2D eigenvalue weighted by Crippen LogP contribution is -2.39. The van der Waals surface area contributed by atoms with Crippen molar-refractivity contribution in [2.75, 3.05) is 14.2 Å². The maximum atomic E-state index is 11.0. The van der Waals surface area contributed by atoms with Gasteiger partial charge in [0, 0.05) is 0 Å². The largest absolute Gasteiger partial charge is 0.504 e. The number of hydrogen-bond acceptors (Lipinski definition) is 5. The van der Waals surface area contributed by atoms with Crippen molar-refractivity contribution in [3.05, 3.63) is 53.6 Å². The molecule has 0 saturated carbocycles. The first-order valence-electron chi connectivity index (χ1n) is 8.35. The smallest absolute Gasteiger partial charge is 0.160 e. The Labute approximate surface area is 148 Å². The molecule has 2 aromatic rings. The Morgan fingerprint density at radius 2 is 1.72 bits per heavy atom. The maximum absolute atomic E-state index is 11.0. The summed E-state index contributed by atoms with van der Waals surface area (Å²) in [7, 11) is 3.08. The molecule has 0 spiro atoms. The number of hydrogen-bond donors (Lipinski definition) is 3. The summed E-state index contributed by atoms with van der Waals surface area (Å²) in [4.78, 5) is 0. The Kier molecular flexibility index (Phi) is 6.28. The molecule has 25 heavy (non-hydrogen) atoms. The third kappa shape index (κ3) is 4.24. The van der Waals surface area contributed by atoms with E-state index in [0.717, 1.165) is 5.56 Å². The van der Waals surface area contributed by atoms with E-state index in [1.54, 1.807) is 43.5 Å². The molecule has 136 valence electrons. The van der Waals surface area contributed by atoms with Crippen molar-refractivity contribution in [2.45, 2.75) is 37.9 Å². The average molecular weight is 346 g/mol. The molecule has 2 aromatic carbocycles. The Morgan fingerprint density at radius 3 is 2.24 bits per heavy atom. The zero-order valence-electron chi connectivity index (χ0n) is 14.9. The van der Waals surface area contributed by atoms with Gasteiger partial charge in [0.05, 0.1) is 20.3 Å². The van der Waals surface area contributed by atoms with Crippen molar-refractivity contribution >= 4 is 0 Å². The van der Waals surface area contributed by atoms with Gasteiger partial charge in [-0.15, -0.1) is 0 Å². The molecule has 0 fully saturated rings. The van der Waals surface area contributed by atoms with Crippen LogP contribution >= 0.6 is 0 Å². The second kappa shape index (κ2) is 8.23. The standard InChI is InChI=1S/C20H26O5/c1-4-20(23,15-7-9-16(24-2)10-8-15)19(22)12-6-14-5-11-18(25-3)17(21)13-14/h5,7-11,13,19,21-23H,4,6,12H2,1-3H3. The van der Waals surface area contributed by atoms with Gasteiger partial charge in [0.2, 0.25) is 0 Å². The molecule has 2 atom stereocenters. The summed E-state index contributed by atoms with van der Waals surface area (Å²) in [6.45, 7) is 1.84. The van der Waals surface area contributed by atoms with Crippen LogP contribution in [0, 0.1) is 0 Å². The lowest BCUT2D eigenvalue weighted by Gasteiger charge is -2.33. The van der Waals surface area contributed by atoms with Gasteiger partial charge < -0.3 is 24.8 Å². The number of rotatable bonds is 8. The SMILES string of the molecule is CCC(O)(c1ccc(OC)cc1)C(O)CCc1ccc(OC)c(O)c1. The first-order chi connectivity index (χ1) is 11.9. The number of aliphatic hydroxyl groups excluding tert-OH is 1. The highest BCUT2D eigenvalue weighted by atomic mass is 16.5. The molecule has 0 aliphatic rings. The lowest BCUT2D eigenvalue weighted by molar-refractivity contribution is -0.0862. The van der Waals surface area contributed by atoms with Crippen LogP contribution in [-0.4, -0.2) is 35.6 Å². The van der Waals surface area contributed by atoms with Crippen molar-refractivity contribution in [1.29, 1.82) is 0 Å². The van der Waals surface area contributed by atoms with E-state index in [1.807, 2.05) is 13.0 Å². The van der Waals surface area contributed by atoms with Gasteiger partial charge in [-0.2, -0.15) is 0 Å². The molecular formula is C20H26O5. The fraction of sp³-hybridized carbons (Fsp3) is 0.400. The molecule has 0 saturated heterocycles. The fourth-order valence-electron chi connectivity index (χ4n) is 2.95. The quantitative estimate of drug-likeness (QED) is 0.685. The molecule has 0 amide bonds. The first-order valence-corrected chi connectivity index (χ1v) is 8.35. The number of methoxy groups -OCH3 is 2. The van der Waals surface area contributed by atoms with E-state index in [4.69, 9.17) is 9.47 Å². The van der Waals surface area contributed by atoms with Crippen LogP contribution in [0.5, 0.6) is 17.2 Å².